The second kappa shape index (κ2) is 7.55. The number of carbonyl (C=O) groups excluding carboxylic acids is 2. The van der Waals surface area contributed by atoms with Crippen molar-refractivity contribution in [1.29, 1.82) is 0 Å². The lowest BCUT2D eigenvalue weighted by Crippen LogP contribution is -2.46. The van der Waals surface area contributed by atoms with Crippen molar-refractivity contribution in [2.75, 3.05) is 19.6 Å². The Labute approximate surface area is 136 Å². The van der Waals surface area contributed by atoms with Gasteiger partial charge in [0, 0.05) is 30.9 Å². The molecule has 126 valence electrons. The third-order valence-electron chi connectivity index (χ3n) is 4.26. The van der Waals surface area contributed by atoms with E-state index in [4.69, 9.17) is 0 Å². The van der Waals surface area contributed by atoms with Crippen LogP contribution < -0.4 is 5.32 Å². The number of hydrogen-bond donors (Lipinski definition) is 2. The van der Waals surface area contributed by atoms with Crippen molar-refractivity contribution in [1.82, 2.24) is 15.2 Å². The van der Waals surface area contributed by atoms with Gasteiger partial charge in [-0.2, -0.15) is 0 Å². The van der Waals surface area contributed by atoms with Crippen LogP contribution in [0.1, 0.15) is 38.7 Å². The highest BCUT2D eigenvalue weighted by atomic mass is 16.3. The molecule has 2 N–H and O–H groups in total. The number of nitrogens with one attached hydrogen (secondary N) is 1. The molecule has 6 heteroatoms. The number of rotatable bonds is 5. The number of aliphatic hydroxyl groups excluding tert-OH is 1. The molecule has 0 radical (unpaired) electrons. The molecule has 1 fully saturated rings. The monoisotopic (exact) mass is 319 g/mol. The summed E-state index contributed by atoms with van der Waals surface area (Å²) in [5, 5.41) is 12.6. The van der Waals surface area contributed by atoms with E-state index in [0.29, 0.717) is 19.5 Å². The summed E-state index contributed by atoms with van der Waals surface area (Å²) < 4.78 is 0. The van der Waals surface area contributed by atoms with E-state index in [0.717, 1.165) is 18.4 Å². The Bertz CT molecular complexity index is 545. The van der Waals surface area contributed by atoms with E-state index in [1.54, 1.807) is 12.4 Å². The summed E-state index contributed by atoms with van der Waals surface area (Å²) in [4.78, 5) is 29.7. The first-order valence-electron chi connectivity index (χ1n) is 8.04. The zero-order valence-electron chi connectivity index (χ0n) is 13.8. The van der Waals surface area contributed by atoms with Crippen molar-refractivity contribution in [3.05, 3.63) is 30.1 Å². The molecule has 23 heavy (non-hydrogen) atoms. The Morgan fingerprint density at radius 3 is 2.96 bits per heavy atom. The second-order valence-electron chi connectivity index (χ2n) is 6.67. The lowest BCUT2D eigenvalue weighted by molar-refractivity contribution is -0.142. The van der Waals surface area contributed by atoms with Crippen molar-refractivity contribution < 1.29 is 14.7 Å². The number of hydrogen-bond acceptors (Lipinski definition) is 4. The topological polar surface area (TPSA) is 82.5 Å². The number of likely N-dealkylation sites (tertiary alicyclic amines) is 1. The van der Waals surface area contributed by atoms with Gasteiger partial charge in [-0.15, -0.1) is 0 Å². The van der Waals surface area contributed by atoms with E-state index in [-0.39, 0.29) is 23.8 Å². The van der Waals surface area contributed by atoms with Gasteiger partial charge in [-0.1, -0.05) is 19.9 Å². The van der Waals surface area contributed by atoms with Crippen LogP contribution in [0.15, 0.2) is 24.5 Å². The predicted molar refractivity (Wildman–Crippen MR) is 86.7 cm³/mol. The first-order chi connectivity index (χ1) is 10.9. The molecule has 2 rings (SSSR count). The van der Waals surface area contributed by atoms with E-state index in [1.165, 1.54) is 4.90 Å². The zero-order valence-corrected chi connectivity index (χ0v) is 13.8. The van der Waals surface area contributed by atoms with Gasteiger partial charge in [0.2, 0.25) is 5.91 Å². The smallest absolute Gasteiger partial charge is 0.251 e. The third kappa shape index (κ3) is 4.76. The largest absolute Gasteiger partial charge is 0.383 e. The van der Waals surface area contributed by atoms with E-state index in [9.17, 15) is 14.7 Å². The summed E-state index contributed by atoms with van der Waals surface area (Å²) in [6.45, 7) is 5.05. The van der Waals surface area contributed by atoms with Crippen molar-refractivity contribution in [3.8, 4) is 0 Å². The van der Waals surface area contributed by atoms with Crippen LogP contribution in [-0.2, 0) is 15.0 Å². The Balaban J connectivity index is 1.88. The van der Waals surface area contributed by atoms with E-state index >= 15 is 0 Å². The number of aliphatic hydroxyl groups is 1. The van der Waals surface area contributed by atoms with Gasteiger partial charge in [0.05, 0.1) is 6.54 Å². The average molecular weight is 319 g/mol. The Kier molecular flexibility index (Phi) is 5.71. The van der Waals surface area contributed by atoms with Crippen LogP contribution in [0.5, 0.6) is 0 Å². The number of aromatic nitrogens is 1. The molecule has 1 aliphatic rings. The van der Waals surface area contributed by atoms with Crippen LogP contribution in [0, 0.1) is 0 Å². The molecule has 0 spiro atoms. The maximum absolute atomic E-state index is 12.2. The Hall–Kier alpha value is -1.95. The minimum absolute atomic E-state index is 0.000979. The Morgan fingerprint density at radius 1 is 1.48 bits per heavy atom. The van der Waals surface area contributed by atoms with Crippen LogP contribution in [0.2, 0.25) is 0 Å². The lowest BCUT2D eigenvalue weighted by atomic mass is 9.86. The van der Waals surface area contributed by atoms with Crippen molar-refractivity contribution in [3.63, 3.8) is 0 Å². The number of nitrogens with zero attached hydrogens (tertiary/aromatic N) is 2. The fraction of sp³-hybridized carbons (Fsp3) is 0.588. The van der Waals surface area contributed by atoms with Gasteiger partial charge < -0.3 is 15.3 Å². The zero-order chi connectivity index (χ0) is 16.9. The van der Waals surface area contributed by atoms with Gasteiger partial charge in [0.25, 0.3) is 5.91 Å². The van der Waals surface area contributed by atoms with E-state index in [2.05, 4.69) is 10.3 Å². The summed E-state index contributed by atoms with van der Waals surface area (Å²) >= 11 is 0. The summed E-state index contributed by atoms with van der Waals surface area (Å²) in [5.74, 6) is -0.548. The van der Waals surface area contributed by atoms with Gasteiger partial charge in [-0.25, -0.2) is 0 Å². The minimum atomic E-state index is -0.975. The third-order valence-corrected chi connectivity index (χ3v) is 4.26. The molecule has 1 aromatic heterocycles. The normalized spacial score (nSPS) is 19.3. The molecule has 0 aromatic carbocycles. The number of amides is 2. The van der Waals surface area contributed by atoms with Crippen molar-refractivity contribution in [2.45, 2.75) is 44.6 Å². The SMILES string of the molecule is CC(C)(CNC(=O)CN1CCCCC(O)C1=O)c1cccnc1. The average Bonchev–Trinajstić information content (AvgIpc) is 2.70. The highest BCUT2D eigenvalue weighted by Crippen LogP contribution is 2.20. The summed E-state index contributed by atoms with van der Waals surface area (Å²) in [7, 11) is 0. The highest BCUT2D eigenvalue weighted by Gasteiger charge is 2.27. The molecule has 1 atom stereocenters. The molecular formula is C17H25N3O3. The quantitative estimate of drug-likeness (QED) is 0.843. The van der Waals surface area contributed by atoms with Gasteiger partial charge in [-0.05, 0) is 30.9 Å². The van der Waals surface area contributed by atoms with Gasteiger partial charge in [0.1, 0.15) is 6.10 Å². The Morgan fingerprint density at radius 2 is 2.26 bits per heavy atom. The number of pyridine rings is 1. The first kappa shape index (κ1) is 17.4. The molecule has 0 bridgehead atoms. The fourth-order valence-electron chi connectivity index (χ4n) is 2.66. The van der Waals surface area contributed by atoms with Crippen LogP contribution in [0.4, 0.5) is 0 Å². The lowest BCUT2D eigenvalue weighted by Gasteiger charge is -2.26. The van der Waals surface area contributed by atoms with Gasteiger partial charge in [-0.3, -0.25) is 14.6 Å². The summed E-state index contributed by atoms with van der Waals surface area (Å²) in [6, 6.07) is 3.85. The standard InChI is InChI=1S/C17H25N3O3/c1-17(2,13-6-5-8-18-10-13)12-19-15(22)11-20-9-4-3-7-14(21)16(20)23/h5-6,8,10,14,21H,3-4,7,9,11-12H2,1-2H3,(H,19,22). The summed E-state index contributed by atoms with van der Waals surface area (Å²) in [6.07, 6.45) is 4.63. The van der Waals surface area contributed by atoms with E-state index in [1.807, 2.05) is 26.0 Å². The van der Waals surface area contributed by atoms with Crippen LogP contribution in [0.3, 0.4) is 0 Å². The molecule has 0 aliphatic carbocycles. The second-order valence-corrected chi connectivity index (χ2v) is 6.67. The molecule has 6 nitrogen and oxygen atoms in total. The molecule has 1 saturated heterocycles. The molecule has 2 amide bonds. The van der Waals surface area contributed by atoms with Crippen LogP contribution >= 0.6 is 0 Å². The molecule has 1 aromatic rings. The molecule has 1 aliphatic heterocycles. The maximum atomic E-state index is 12.2. The predicted octanol–water partition coefficient (Wildman–Crippen LogP) is 0.849. The van der Waals surface area contributed by atoms with E-state index < -0.39 is 6.10 Å². The molecular weight excluding hydrogens is 294 g/mol. The fourth-order valence-corrected chi connectivity index (χ4v) is 2.66. The number of carbonyl (C=O) groups is 2. The summed E-state index contributed by atoms with van der Waals surface area (Å²) in [5.41, 5.74) is 0.799. The van der Waals surface area contributed by atoms with Crippen molar-refractivity contribution >= 4 is 11.8 Å². The van der Waals surface area contributed by atoms with Gasteiger partial charge >= 0.3 is 0 Å². The molecule has 2 heterocycles. The highest BCUT2D eigenvalue weighted by molar-refractivity contribution is 5.87. The maximum Gasteiger partial charge on any atom is 0.251 e. The van der Waals surface area contributed by atoms with Gasteiger partial charge in [0.15, 0.2) is 0 Å². The first-order valence-corrected chi connectivity index (χ1v) is 8.04. The van der Waals surface area contributed by atoms with Crippen molar-refractivity contribution in [2.24, 2.45) is 0 Å². The molecule has 0 saturated carbocycles. The van der Waals surface area contributed by atoms with Crippen LogP contribution in [-0.4, -0.2) is 52.5 Å². The molecule has 1 unspecified atom stereocenters. The van der Waals surface area contributed by atoms with Crippen LogP contribution in [0.25, 0.3) is 0 Å². The minimum Gasteiger partial charge on any atom is -0.383 e.